The molecule has 3 rings (SSSR count). The normalized spacial score (nSPS) is 10.4. The van der Waals surface area contributed by atoms with Crippen LogP contribution in [0.1, 0.15) is 16.1 Å². The Kier molecular flexibility index (Phi) is 6.06. The molecule has 10 heteroatoms. The van der Waals surface area contributed by atoms with Gasteiger partial charge >= 0.3 is 0 Å². The molecule has 2 amide bonds. The summed E-state index contributed by atoms with van der Waals surface area (Å²) in [7, 11) is 1.46. The number of hydrogen-bond donors (Lipinski definition) is 1. The van der Waals surface area contributed by atoms with Gasteiger partial charge in [0, 0.05) is 19.2 Å². The molecular weight excluding hydrogens is 392 g/mol. The molecule has 154 valence electrons. The molecule has 2 aromatic heterocycles. The van der Waals surface area contributed by atoms with Crippen LogP contribution in [-0.4, -0.2) is 28.4 Å². The third-order valence-corrected chi connectivity index (χ3v) is 4.37. The van der Waals surface area contributed by atoms with Gasteiger partial charge in [-0.05, 0) is 24.3 Å². The number of nitrogens with zero attached hydrogens (tertiary/aromatic N) is 3. The number of carbonyl (C=O) groups is 2. The number of nitro groups is 1. The smallest absolute Gasteiger partial charge is 0.285 e. The zero-order valence-corrected chi connectivity index (χ0v) is 16.0. The van der Waals surface area contributed by atoms with Crippen LogP contribution in [0.15, 0.2) is 70.2 Å². The standard InChI is InChI=1S/C20H18N4O6/c1-22(19(26)13-23-12-14(24(28)29)8-9-18(23)25)17-7-3-2-6-16(17)20(27)21-11-15-5-4-10-30-15/h2-10,12H,11,13H2,1H3,(H,21,27). The van der Waals surface area contributed by atoms with Crippen molar-refractivity contribution >= 4 is 23.2 Å². The minimum atomic E-state index is -0.650. The van der Waals surface area contributed by atoms with Gasteiger partial charge in [-0.3, -0.25) is 29.1 Å². The number of hydrogen-bond acceptors (Lipinski definition) is 6. The second-order valence-electron chi connectivity index (χ2n) is 6.34. The molecular formula is C20H18N4O6. The van der Waals surface area contributed by atoms with Crippen molar-refractivity contribution in [2.24, 2.45) is 0 Å². The first-order valence-corrected chi connectivity index (χ1v) is 8.88. The minimum absolute atomic E-state index is 0.181. The number of likely N-dealkylation sites (N-methyl/N-ethyl adjacent to an activating group) is 1. The zero-order chi connectivity index (χ0) is 21.7. The highest BCUT2D eigenvalue weighted by Gasteiger charge is 2.20. The Morgan fingerprint density at radius 3 is 2.63 bits per heavy atom. The van der Waals surface area contributed by atoms with E-state index in [1.165, 1.54) is 18.2 Å². The van der Waals surface area contributed by atoms with E-state index in [9.17, 15) is 24.5 Å². The van der Waals surface area contributed by atoms with Crippen LogP contribution in [0.5, 0.6) is 0 Å². The summed E-state index contributed by atoms with van der Waals surface area (Å²) in [6, 6.07) is 12.0. The summed E-state index contributed by atoms with van der Waals surface area (Å²) in [4.78, 5) is 48.8. The van der Waals surface area contributed by atoms with E-state index in [0.717, 1.165) is 22.9 Å². The molecule has 30 heavy (non-hydrogen) atoms. The van der Waals surface area contributed by atoms with Crippen molar-refractivity contribution in [1.82, 2.24) is 9.88 Å². The first-order valence-electron chi connectivity index (χ1n) is 8.88. The van der Waals surface area contributed by atoms with Gasteiger partial charge in [0.2, 0.25) is 5.91 Å². The Morgan fingerprint density at radius 2 is 1.93 bits per heavy atom. The van der Waals surface area contributed by atoms with E-state index in [4.69, 9.17) is 4.42 Å². The molecule has 0 aliphatic carbocycles. The number of furan rings is 1. The van der Waals surface area contributed by atoms with Crippen LogP contribution < -0.4 is 15.8 Å². The molecule has 1 aromatic carbocycles. The number of anilines is 1. The van der Waals surface area contributed by atoms with Crippen molar-refractivity contribution in [3.8, 4) is 0 Å². The molecule has 0 radical (unpaired) electrons. The minimum Gasteiger partial charge on any atom is -0.467 e. The van der Waals surface area contributed by atoms with Crippen molar-refractivity contribution in [3.05, 3.63) is 92.8 Å². The molecule has 0 unspecified atom stereocenters. The van der Waals surface area contributed by atoms with E-state index >= 15 is 0 Å². The van der Waals surface area contributed by atoms with Crippen molar-refractivity contribution in [2.45, 2.75) is 13.1 Å². The lowest BCUT2D eigenvalue weighted by molar-refractivity contribution is -0.385. The summed E-state index contributed by atoms with van der Waals surface area (Å²) >= 11 is 0. The fraction of sp³-hybridized carbons (Fsp3) is 0.150. The van der Waals surface area contributed by atoms with Crippen LogP contribution in [0.25, 0.3) is 0 Å². The number of aromatic nitrogens is 1. The topological polar surface area (TPSA) is 128 Å². The third-order valence-electron chi connectivity index (χ3n) is 4.37. The SMILES string of the molecule is CN(C(=O)Cn1cc([N+](=O)[O-])ccc1=O)c1ccccc1C(=O)NCc1ccco1. The molecule has 1 N–H and O–H groups in total. The van der Waals surface area contributed by atoms with Gasteiger partial charge in [-0.25, -0.2) is 0 Å². The lowest BCUT2D eigenvalue weighted by atomic mass is 10.1. The molecule has 0 bridgehead atoms. The molecule has 2 heterocycles. The van der Waals surface area contributed by atoms with E-state index in [1.54, 1.807) is 36.4 Å². The van der Waals surface area contributed by atoms with Gasteiger partial charge in [0.25, 0.3) is 17.2 Å². The summed E-state index contributed by atoms with van der Waals surface area (Å²) in [5.41, 5.74) is -0.265. The number of carbonyl (C=O) groups excluding carboxylic acids is 2. The van der Waals surface area contributed by atoms with Crippen LogP contribution in [0.3, 0.4) is 0 Å². The maximum atomic E-state index is 12.7. The summed E-state index contributed by atoms with van der Waals surface area (Å²) < 4.78 is 6.14. The summed E-state index contributed by atoms with van der Waals surface area (Å²) in [6.45, 7) is -0.236. The van der Waals surface area contributed by atoms with Gasteiger partial charge < -0.3 is 14.6 Å². The average molecular weight is 410 g/mol. The van der Waals surface area contributed by atoms with Crippen molar-refractivity contribution in [1.29, 1.82) is 0 Å². The third kappa shape index (κ3) is 4.61. The molecule has 0 atom stereocenters. The molecule has 10 nitrogen and oxygen atoms in total. The lowest BCUT2D eigenvalue weighted by Crippen LogP contribution is -2.35. The summed E-state index contributed by atoms with van der Waals surface area (Å²) in [5, 5.41) is 13.6. The van der Waals surface area contributed by atoms with Crippen molar-refractivity contribution < 1.29 is 18.9 Å². The summed E-state index contributed by atoms with van der Waals surface area (Å²) in [6.07, 6.45) is 2.51. The highest BCUT2D eigenvalue weighted by Crippen LogP contribution is 2.20. The Bertz CT molecular complexity index is 1140. The van der Waals surface area contributed by atoms with Gasteiger partial charge in [0.05, 0.1) is 35.2 Å². The van der Waals surface area contributed by atoms with Gasteiger partial charge in [0.1, 0.15) is 12.3 Å². The Hall–Kier alpha value is -4.21. The average Bonchev–Trinajstić information content (AvgIpc) is 3.26. The molecule has 0 saturated carbocycles. The van der Waals surface area contributed by atoms with Crippen molar-refractivity contribution in [3.63, 3.8) is 0 Å². The largest absolute Gasteiger partial charge is 0.467 e. The number of amides is 2. The maximum Gasteiger partial charge on any atom is 0.285 e. The van der Waals surface area contributed by atoms with Crippen molar-refractivity contribution in [2.75, 3.05) is 11.9 Å². The number of pyridine rings is 1. The highest BCUT2D eigenvalue weighted by molar-refractivity contribution is 6.04. The van der Waals surface area contributed by atoms with Crippen LogP contribution in [0.2, 0.25) is 0 Å². The van der Waals surface area contributed by atoms with E-state index in [1.807, 2.05) is 0 Å². The zero-order valence-electron chi connectivity index (χ0n) is 16.0. The molecule has 3 aromatic rings. The first kappa shape index (κ1) is 20.5. The second-order valence-corrected chi connectivity index (χ2v) is 6.34. The molecule has 0 saturated heterocycles. The highest BCUT2D eigenvalue weighted by atomic mass is 16.6. The summed E-state index contributed by atoms with van der Waals surface area (Å²) in [5.74, 6) is -0.353. The van der Waals surface area contributed by atoms with E-state index in [0.29, 0.717) is 11.4 Å². The fourth-order valence-corrected chi connectivity index (χ4v) is 2.77. The van der Waals surface area contributed by atoms with Gasteiger partial charge in [-0.2, -0.15) is 0 Å². The van der Waals surface area contributed by atoms with E-state index in [2.05, 4.69) is 5.32 Å². The van der Waals surface area contributed by atoms with E-state index in [-0.39, 0.29) is 17.8 Å². The Morgan fingerprint density at radius 1 is 1.17 bits per heavy atom. The molecule has 0 aliphatic rings. The van der Waals surface area contributed by atoms with Crippen LogP contribution in [-0.2, 0) is 17.9 Å². The fourth-order valence-electron chi connectivity index (χ4n) is 2.77. The number of nitrogens with one attached hydrogen (secondary N) is 1. The van der Waals surface area contributed by atoms with Gasteiger partial charge in [0.15, 0.2) is 0 Å². The predicted molar refractivity (Wildman–Crippen MR) is 107 cm³/mol. The molecule has 0 fully saturated rings. The predicted octanol–water partition coefficient (Wildman–Crippen LogP) is 1.94. The van der Waals surface area contributed by atoms with Crippen LogP contribution in [0, 0.1) is 10.1 Å². The second kappa shape index (κ2) is 8.86. The Balaban J connectivity index is 1.78. The van der Waals surface area contributed by atoms with Crippen LogP contribution >= 0.6 is 0 Å². The Labute approximate surface area is 170 Å². The van der Waals surface area contributed by atoms with Crippen LogP contribution in [0.4, 0.5) is 11.4 Å². The monoisotopic (exact) mass is 410 g/mol. The number of rotatable bonds is 7. The van der Waals surface area contributed by atoms with E-state index < -0.39 is 28.8 Å². The van der Waals surface area contributed by atoms with Gasteiger partial charge in [-0.15, -0.1) is 0 Å². The first-order chi connectivity index (χ1) is 14.4. The number of benzene rings is 1. The molecule has 0 spiro atoms. The number of para-hydroxylation sites is 1. The maximum absolute atomic E-state index is 12.7. The van der Waals surface area contributed by atoms with Gasteiger partial charge in [-0.1, -0.05) is 12.1 Å². The molecule has 0 aliphatic heterocycles. The lowest BCUT2D eigenvalue weighted by Gasteiger charge is -2.20. The quantitative estimate of drug-likeness (QED) is 0.468.